The second-order valence-corrected chi connectivity index (χ2v) is 18.6. The smallest absolute Gasteiger partial charge is 0.306 e. The van der Waals surface area contributed by atoms with E-state index in [1.807, 2.05) is 0 Å². The van der Waals surface area contributed by atoms with E-state index in [0.29, 0.717) is 19.3 Å². The second kappa shape index (κ2) is 48.6. The van der Waals surface area contributed by atoms with Gasteiger partial charge in [0, 0.05) is 6.42 Å². The Morgan fingerprint density at radius 2 is 0.817 bits per heavy atom. The summed E-state index contributed by atoms with van der Waals surface area (Å²) < 4.78 is 5.93. The molecule has 6 nitrogen and oxygen atoms in total. The first-order valence-corrected chi connectivity index (χ1v) is 26.9. The minimum absolute atomic E-state index is 0.0638. The number of ether oxygens (including phenoxy) is 1. The summed E-state index contributed by atoms with van der Waals surface area (Å²) in [6, 6.07) is -0.703. The molecule has 0 fully saturated rings. The summed E-state index contributed by atoms with van der Waals surface area (Å²) in [6.07, 6.45) is 54.2. The van der Waals surface area contributed by atoms with Crippen LogP contribution >= 0.6 is 0 Å². The molecule has 3 N–H and O–H groups in total. The molecule has 0 aromatic carbocycles. The molecular weight excluding hydrogens is 743 g/mol. The lowest BCUT2D eigenvalue weighted by atomic mass is 10.0. The number of rotatable bonds is 49. The second-order valence-electron chi connectivity index (χ2n) is 18.6. The third kappa shape index (κ3) is 43.3. The zero-order valence-corrected chi connectivity index (χ0v) is 40.6. The van der Waals surface area contributed by atoms with Gasteiger partial charge < -0.3 is 20.3 Å². The van der Waals surface area contributed by atoms with Crippen molar-refractivity contribution in [3.8, 4) is 0 Å². The summed E-state index contributed by atoms with van der Waals surface area (Å²) in [7, 11) is 0. The van der Waals surface area contributed by atoms with Gasteiger partial charge in [-0.15, -0.1) is 0 Å². The summed E-state index contributed by atoms with van der Waals surface area (Å²) >= 11 is 0. The van der Waals surface area contributed by atoms with Gasteiger partial charge in [-0.25, -0.2) is 0 Å². The standard InChI is InChI=1S/C54H105NO5/c1-4-7-10-13-16-19-22-25-26-27-28-29-32-35-38-41-44-47-54(59)60-50(45-42-39-36-33-30-23-20-17-14-11-8-5-2)48-53(58)55-51(49-56)52(57)46-43-40-37-34-31-24-21-18-15-12-9-6-3/h33,36,50-52,56-57H,4-32,34-35,37-49H2,1-3H3,(H,55,58)/b36-33-. The zero-order valence-electron chi connectivity index (χ0n) is 40.6. The van der Waals surface area contributed by atoms with Gasteiger partial charge in [0.1, 0.15) is 6.10 Å². The summed E-state index contributed by atoms with van der Waals surface area (Å²) in [5.41, 5.74) is 0. The molecule has 0 radical (unpaired) electrons. The number of allylic oxidation sites excluding steroid dienone is 2. The Labute approximate surface area is 374 Å². The van der Waals surface area contributed by atoms with Crippen molar-refractivity contribution in [1.82, 2.24) is 5.32 Å². The Morgan fingerprint density at radius 3 is 1.22 bits per heavy atom. The van der Waals surface area contributed by atoms with E-state index in [1.54, 1.807) is 0 Å². The number of aliphatic hydroxyl groups is 2. The number of hydrogen-bond donors (Lipinski definition) is 3. The van der Waals surface area contributed by atoms with E-state index in [-0.39, 0.29) is 24.9 Å². The summed E-state index contributed by atoms with van der Waals surface area (Å²) in [4.78, 5) is 26.1. The lowest BCUT2D eigenvalue weighted by Crippen LogP contribution is -2.46. The van der Waals surface area contributed by atoms with Gasteiger partial charge in [0.05, 0.1) is 25.2 Å². The first kappa shape index (κ1) is 58.6. The third-order valence-corrected chi connectivity index (χ3v) is 12.6. The molecule has 0 aliphatic heterocycles. The van der Waals surface area contributed by atoms with Crippen molar-refractivity contribution in [2.45, 2.75) is 315 Å². The van der Waals surface area contributed by atoms with Crippen LogP contribution in [0.25, 0.3) is 0 Å². The molecule has 0 aromatic rings. The van der Waals surface area contributed by atoms with Crippen LogP contribution in [-0.4, -0.2) is 46.9 Å². The van der Waals surface area contributed by atoms with Crippen LogP contribution < -0.4 is 5.32 Å². The Hall–Kier alpha value is -1.40. The number of aliphatic hydroxyl groups excluding tert-OH is 2. The predicted molar refractivity (Wildman–Crippen MR) is 260 cm³/mol. The monoisotopic (exact) mass is 848 g/mol. The maximum Gasteiger partial charge on any atom is 0.306 e. The zero-order chi connectivity index (χ0) is 43.8. The van der Waals surface area contributed by atoms with Gasteiger partial charge in [0.15, 0.2) is 0 Å². The lowest BCUT2D eigenvalue weighted by Gasteiger charge is -2.24. The third-order valence-electron chi connectivity index (χ3n) is 12.6. The van der Waals surface area contributed by atoms with E-state index >= 15 is 0 Å². The van der Waals surface area contributed by atoms with E-state index in [2.05, 4.69) is 38.2 Å². The van der Waals surface area contributed by atoms with Crippen molar-refractivity contribution in [1.29, 1.82) is 0 Å². The highest BCUT2D eigenvalue weighted by atomic mass is 16.5. The van der Waals surface area contributed by atoms with E-state index < -0.39 is 18.2 Å². The number of unbranched alkanes of at least 4 members (excludes halogenated alkanes) is 35. The number of hydrogen-bond acceptors (Lipinski definition) is 5. The SMILES string of the molecule is CCCCCCCCC/C=C\CCCC(CC(=O)NC(CO)C(O)CCCCCCCCCCCCCC)OC(=O)CCCCCCCCCCCCCCCCCCC. The summed E-state index contributed by atoms with van der Waals surface area (Å²) in [6.45, 7) is 6.49. The Bertz CT molecular complexity index is 909. The Morgan fingerprint density at radius 1 is 0.467 bits per heavy atom. The van der Waals surface area contributed by atoms with Crippen LogP contribution in [-0.2, 0) is 14.3 Å². The van der Waals surface area contributed by atoms with Crippen molar-refractivity contribution in [2.24, 2.45) is 0 Å². The van der Waals surface area contributed by atoms with E-state index in [0.717, 1.165) is 51.4 Å². The van der Waals surface area contributed by atoms with Gasteiger partial charge in [0.2, 0.25) is 5.91 Å². The minimum Gasteiger partial charge on any atom is -0.462 e. The molecule has 6 heteroatoms. The van der Waals surface area contributed by atoms with Crippen LogP contribution in [0.2, 0.25) is 0 Å². The van der Waals surface area contributed by atoms with Crippen molar-refractivity contribution < 1.29 is 24.5 Å². The van der Waals surface area contributed by atoms with Gasteiger partial charge >= 0.3 is 5.97 Å². The average molecular weight is 848 g/mol. The van der Waals surface area contributed by atoms with Gasteiger partial charge in [-0.2, -0.15) is 0 Å². The Kier molecular flexibility index (Phi) is 47.5. The molecule has 0 saturated heterocycles. The molecule has 0 bridgehead atoms. The highest BCUT2D eigenvalue weighted by molar-refractivity contribution is 5.77. The van der Waals surface area contributed by atoms with Gasteiger partial charge in [-0.05, 0) is 44.9 Å². The summed E-state index contributed by atoms with van der Waals surface area (Å²) in [5, 5.41) is 23.8. The molecule has 0 saturated carbocycles. The van der Waals surface area contributed by atoms with Gasteiger partial charge in [0.25, 0.3) is 0 Å². The maximum atomic E-state index is 13.2. The molecule has 0 spiro atoms. The van der Waals surface area contributed by atoms with Crippen molar-refractivity contribution in [3.63, 3.8) is 0 Å². The fraction of sp³-hybridized carbons (Fsp3) is 0.926. The first-order chi connectivity index (χ1) is 29.5. The Balaban J connectivity index is 4.50. The average Bonchev–Trinajstić information content (AvgIpc) is 3.24. The van der Waals surface area contributed by atoms with Crippen LogP contribution in [0.1, 0.15) is 297 Å². The lowest BCUT2D eigenvalue weighted by molar-refractivity contribution is -0.151. The topological polar surface area (TPSA) is 95.9 Å². The summed E-state index contributed by atoms with van der Waals surface area (Å²) in [5.74, 6) is -0.484. The molecule has 0 rings (SSSR count). The van der Waals surface area contributed by atoms with Crippen LogP contribution in [0.5, 0.6) is 0 Å². The minimum atomic E-state index is -0.788. The molecule has 356 valence electrons. The van der Waals surface area contributed by atoms with Crippen LogP contribution in [0.3, 0.4) is 0 Å². The van der Waals surface area contributed by atoms with Crippen molar-refractivity contribution in [3.05, 3.63) is 12.2 Å². The molecule has 0 heterocycles. The predicted octanol–water partition coefficient (Wildman–Crippen LogP) is 16.1. The van der Waals surface area contributed by atoms with Crippen molar-refractivity contribution >= 4 is 11.9 Å². The number of carbonyl (C=O) groups excluding carboxylic acids is 2. The molecule has 3 atom stereocenters. The quantitative estimate of drug-likeness (QED) is 0.0322. The number of amides is 1. The van der Waals surface area contributed by atoms with E-state index in [4.69, 9.17) is 4.74 Å². The fourth-order valence-electron chi connectivity index (χ4n) is 8.49. The molecule has 0 aliphatic rings. The maximum absolute atomic E-state index is 13.2. The largest absolute Gasteiger partial charge is 0.462 e. The van der Waals surface area contributed by atoms with Gasteiger partial charge in [-0.3, -0.25) is 9.59 Å². The van der Waals surface area contributed by atoms with E-state index in [1.165, 1.54) is 199 Å². The molecule has 3 unspecified atom stereocenters. The van der Waals surface area contributed by atoms with Crippen molar-refractivity contribution in [2.75, 3.05) is 6.61 Å². The fourth-order valence-corrected chi connectivity index (χ4v) is 8.49. The van der Waals surface area contributed by atoms with Gasteiger partial charge in [-0.1, -0.05) is 251 Å². The highest BCUT2D eigenvalue weighted by Gasteiger charge is 2.24. The molecular formula is C54H105NO5. The molecule has 60 heavy (non-hydrogen) atoms. The highest BCUT2D eigenvalue weighted by Crippen LogP contribution is 2.18. The normalized spacial score (nSPS) is 13.2. The van der Waals surface area contributed by atoms with E-state index in [9.17, 15) is 19.8 Å². The molecule has 1 amide bonds. The van der Waals surface area contributed by atoms with Crippen LogP contribution in [0.15, 0.2) is 12.2 Å². The number of esters is 1. The molecule has 0 aromatic heterocycles. The number of carbonyl (C=O) groups is 2. The molecule has 0 aliphatic carbocycles. The number of nitrogens with one attached hydrogen (secondary N) is 1. The first-order valence-electron chi connectivity index (χ1n) is 26.9. The van der Waals surface area contributed by atoms with Crippen LogP contribution in [0, 0.1) is 0 Å². The van der Waals surface area contributed by atoms with Crippen LogP contribution in [0.4, 0.5) is 0 Å².